The van der Waals surface area contributed by atoms with Gasteiger partial charge in [-0.1, -0.05) is 29.8 Å². The van der Waals surface area contributed by atoms with E-state index in [4.69, 9.17) is 11.6 Å². The third-order valence-corrected chi connectivity index (χ3v) is 3.82. The summed E-state index contributed by atoms with van der Waals surface area (Å²) in [5, 5.41) is 13.1. The first-order valence-corrected chi connectivity index (χ1v) is 6.64. The molecule has 0 fully saturated rings. The molecule has 20 heavy (non-hydrogen) atoms. The zero-order valence-corrected chi connectivity index (χ0v) is 11.5. The molecule has 5 nitrogen and oxygen atoms in total. The van der Waals surface area contributed by atoms with Crippen LogP contribution in [-0.4, -0.2) is 10.8 Å². The highest BCUT2D eigenvalue weighted by molar-refractivity contribution is 7.18. The number of thiophene rings is 1. The molecular weight excluding hydrogens is 307 g/mol. The average molecular weight is 315 g/mol. The Balaban J connectivity index is 2.08. The van der Waals surface area contributed by atoms with Gasteiger partial charge in [-0.2, -0.15) is 0 Å². The number of hydrogen-bond acceptors (Lipinski definition) is 4. The van der Waals surface area contributed by atoms with Crippen LogP contribution in [0.3, 0.4) is 0 Å². The van der Waals surface area contributed by atoms with E-state index >= 15 is 0 Å². The van der Waals surface area contributed by atoms with Crippen molar-refractivity contribution in [1.29, 1.82) is 0 Å². The van der Waals surface area contributed by atoms with Crippen molar-refractivity contribution < 1.29 is 14.1 Å². The Morgan fingerprint density at radius 1 is 1.45 bits per heavy atom. The van der Waals surface area contributed by atoms with E-state index in [-0.39, 0.29) is 21.4 Å². The number of hydrogen-bond donors (Lipinski definition) is 1. The molecule has 0 aliphatic rings. The van der Waals surface area contributed by atoms with Crippen LogP contribution in [-0.2, 0) is 6.54 Å². The minimum Gasteiger partial charge on any atom is -0.347 e. The van der Waals surface area contributed by atoms with Gasteiger partial charge >= 0.3 is 0 Å². The molecule has 0 aliphatic carbocycles. The van der Waals surface area contributed by atoms with Crippen LogP contribution in [0.25, 0.3) is 0 Å². The van der Waals surface area contributed by atoms with Crippen LogP contribution in [0.15, 0.2) is 30.3 Å². The lowest BCUT2D eigenvalue weighted by Crippen LogP contribution is -2.22. The maximum absolute atomic E-state index is 13.4. The molecule has 2 rings (SSSR count). The zero-order chi connectivity index (χ0) is 14.7. The predicted octanol–water partition coefficient (Wildman–Crippen LogP) is 3.38. The Bertz CT molecular complexity index is 674. The third kappa shape index (κ3) is 3.12. The summed E-state index contributed by atoms with van der Waals surface area (Å²) >= 11 is 6.47. The van der Waals surface area contributed by atoms with Crippen LogP contribution in [0.5, 0.6) is 0 Å². The number of carbonyl (C=O) groups is 1. The van der Waals surface area contributed by atoms with E-state index in [1.807, 2.05) is 0 Å². The van der Waals surface area contributed by atoms with Crippen LogP contribution < -0.4 is 5.32 Å². The maximum atomic E-state index is 13.4. The number of carbonyl (C=O) groups excluding carboxylic acids is 1. The summed E-state index contributed by atoms with van der Waals surface area (Å²) in [5.41, 5.74) is 0.0192. The van der Waals surface area contributed by atoms with Gasteiger partial charge in [0.15, 0.2) is 4.34 Å². The third-order valence-electron chi connectivity index (χ3n) is 2.49. The van der Waals surface area contributed by atoms with Crippen molar-refractivity contribution in [3.05, 3.63) is 61.0 Å². The highest BCUT2D eigenvalue weighted by Crippen LogP contribution is 2.33. The summed E-state index contributed by atoms with van der Waals surface area (Å²) in [6.45, 7) is -0.00514. The Morgan fingerprint density at radius 3 is 2.75 bits per heavy atom. The van der Waals surface area contributed by atoms with E-state index in [9.17, 15) is 19.3 Å². The van der Waals surface area contributed by atoms with E-state index < -0.39 is 16.6 Å². The van der Waals surface area contributed by atoms with Crippen molar-refractivity contribution in [2.45, 2.75) is 6.54 Å². The number of nitrogens with zero attached hydrogens (tertiary/aromatic N) is 1. The highest BCUT2D eigenvalue weighted by atomic mass is 35.5. The van der Waals surface area contributed by atoms with Crippen molar-refractivity contribution in [1.82, 2.24) is 5.32 Å². The number of amides is 1. The monoisotopic (exact) mass is 314 g/mol. The molecule has 8 heteroatoms. The molecule has 0 atom stereocenters. The van der Waals surface area contributed by atoms with E-state index in [2.05, 4.69) is 5.32 Å². The van der Waals surface area contributed by atoms with Crippen molar-refractivity contribution >= 4 is 34.5 Å². The van der Waals surface area contributed by atoms with Gasteiger partial charge in [-0.3, -0.25) is 14.9 Å². The molecule has 1 N–H and O–H groups in total. The van der Waals surface area contributed by atoms with Gasteiger partial charge in [-0.05, 0) is 6.07 Å². The second-order valence-electron chi connectivity index (χ2n) is 3.80. The Kier molecular flexibility index (Phi) is 4.31. The fourth-order valence-corrected chi connectivity index (χ4v) is 2.64. The first kappa shape index (κ1) is 14.4. The molecule has 2 aromatic rings. The first-order chi connectivity index (χ1) is 9.49. The molecule has 1 aromatic carbocycles. The first-order valence-electron chi connectivity index (χ1n) is 5.44. The SMILES string of the molecule is O=C(NCc1ccccc1F)c1cc([N+](=O)[O-])c(Cl)s1. The van der Waals surface area contributed by atoms with Crippen LogP contribution in [0.1, 0.15) is 15.2 Å². The summed E-state index contributed by atoms with van der Waals surface area (Å²) < 4.78 is 13.3. The molecule has 1 aromatic heterocycles. The van der Waals surface area contributed by atoms with E-state index in [1.165, 1.54) is 6.07 Å². The molecule has 0 saturated carbocycles. The summed E-state index contributed by atoms with van der Waals surface area (Å²) in [6.07, 6.45) is 0. The lowest BCUT2D eigenvalue weighted by atomic mass is 10.2. The van der Waals surface area contributed by atoms with Gasteiger partial charge in [-0.15, -0.1) is 11.3 Å². The molecule has 0 bridgehead atoms. The van der Waals surface area contributed by atoms with Gasteiger partial charge in [0.1, 0.15) is 10.7 Å². The quantitative estimate of drug-likeness (QED) is 0.694. The van der Waals surface area contributed by atoms with Crippen LogP contribution in [0, 0.1) is 15.9 Å². The molecule has 0 aliphatic heterocycles. The standard InChI is InChI=1S/C12H8ClFN2O3S/c13-11-9(16(18)19)5-10(20-11)12(17)15-6-7-3-1-2-4-8(7)14/h1-5H,6H2,(H,15,17). The predicted molar refractivity (Wildman–Crippen MR) is 73.6 cm³/mol. The Morgan fingerprint density at radius 2 is 2.15 bits per heavy atom. The van der Waals surface area contributed by atoms with Gasteiger partial charge in [0, 0.05) is 18.2 Å². The summed E-state index contributed by atoms with van der Waals surface area (Å²) in [6, 6.07) is 7.12. The highest BCUT2D eigenvalue weighted by Gasteiger charge is 2.21. The summed E-state index contributed by atoms with van der Waals surface area (Å²) in [4.78, 5) is 21.9. The number of benzene rings is 1. The minimum atomic E-state index is -0.660. The molecule has 0 saturated heterocycles. The largest absolute Gasteiger partial charge is 0.347 e. The molecule has 0 radical (unpaired) electrons. The fourth-order valence-electron chi connectivity index (χ4n) is 1.50. The number of nitrogens with one attached hydrogen (secondary N) is 1. The van der Waals surface area contributed by atoms with Crippen LogP contribution >= 0.6 is 22.9 Å². The summed E-state index contributed by atoms with van der Waals surface area (Å²) in [5.74, 6) is -0.962. The molecule has 1 amide bonds. The van der Waals surface area contributed by atoms with Gasteiger partial charge in [0.05, 0.1) is 4.92 Å². The van der Waals surface area contributed by atoms with Gasteiger partial charge in [0.25, 0.3) is 11.6 Å². The van der Waals surface area contributed by atoms with Crippen molar-refractivity contribution in [3.63, 3.8) is 0 Å². The average Bonchev–Trinajstić information content (AvgIpc) is 2.80. The van der Waals surface area contributed by atoms with Gasteiger partial charge < -0.3 is 5.32 Å². The normalized spacial score (nSPS) is 10.3. The van der Waals surface area contributed by atoms with E-state index in [0.717, 1.165) is 17.4 Å². The van der Waals surface area contributed by atoms with Crippen LogP contribution in [0.2, 0.25) is 4.34 Å². The minimum absolute atomic E-state index is 0.00514. The van der Waals surface area contributed by atoms with Gasteiger partial charge in [-0.25, -0.2) is 4.39 Å². The molecule has 0 unspecified atom stereocenters. The van der Waals surface area contributed by atoms with E-state index in [0.29, 0.717) is 5.56 Å². The van der Waals surface area contributed by atoms with Crippen LogP contribution in [0.4, 0.5) is 10.1 Å². The second kappa shape index (κ2) is 5.98. The van der Waals surface area contributed by atoms with Crippen molar-refractivity contribution in [2.24, 2.45) is 0 Å². The molecule has 0 spiro atoms. The lowest BCUT2D eigenvalue weighted by Gasteiger charge is -2.04. The molecular formula is C12H8ClFN2O3S. The fraction of sp³-hybridized carbons (Fsp3) is 0.0833. The van der Waals surface area contributed by atoms with E-state index in [1.54, 1.807) is 18.2 Å². The van der Waals surface area contributed by atoms with Crippen molar-refractivity contribution in [2.75, 3.05) is 0 Å². The molecule has 104 valence electrons. The number of halogens is 2. The Labute approximate surface area is 122 Å². The second-order valence-corrected chi connectivity index (χ2v) is 5.46. The summed E-state index contributed by atoms with van der Waals surface area (Å²) in [7, 11) is 0. The topological polar surface area (TPSA) is 72.2 Å². The smallest absolute Gasteiger partial charge is 0.299 e. The number of nitro groups is 1. The van der Waals surface area contributed by atoms with Crippen molar-refractivity contribution in [3.8, 4) is 0 Å². The van der Waals surface area contributed by atoms with Gasteiger partial charge in [0.2, 0.25) is 0 Å². The molecule has 1 heterocycles. The Hall–Kier alpha value is -1.99. The maximum Gasteiger partial charge on any atom is 0.299 e. The number of rotatable bonds is 4. The lowest BCUT2D eigenvalue weighted by molar-refractivity contribution is -0.384. The zero-order valence-electron chi connectivity index (χ0n) is 9.93.